The van der Waals surface area contributed by atoms with E-state index in [9.17, 15) is 5.11 Å². The molecule has 1 rings (SSSR count). The Labute approximate surface area is 88.2 Å². The van der Waals surface area contributed by atoms with Crippen LogP contribution < -0.4 is 0 Å². The molecular weight excluding hydrogens is 198 g/mol. The first-order valence-corrected chi connectivity index (χ1v) is 5.60. The molecule has 0 fully saturated rings. The summed E-state index contributed by atoms with van der Waals surface area (Å²) >= 11 is 1.61. The number of aliphatic hydroxyl groups excluding tert-OH is 2. The van der Waals surface area contributed by atoms with Gasteiger partial charge in [0.25, 0.3) is 0 Å². The van der Waals surface area contributed by atoms with Crippen LogP contribution in [0.3, 0.4) is 0 Å². The summed E-state index contributed by atoms with van der Waals surface area (Å²) in [5, 5.41) is 18.8. The van der Waals surface area contributed by atoms with Crippen LogP contribution in [0.15, 0.2) is 23.4 Å². The average Bonchev–Trinajstić information content (AvgIpc) is 2.19. The van der Waals surface area contributed by atoms with Gasteiger partial charge in [-0.05, 0) is 25.0 Å². The van der Waals surface area contributed by atoms with Crippen LogP contribution in [0.5, 0.6) is 0 Å². The number of thioether (sulfide) groups is 1. The van der Waals surface area contributed by atoms with Crippen molar-refractivity contribution in [1.29, 1.82) is 0 Å². The fraction of sp³-hybridized carbons (Fsp3) is 0.500. The van der Waals surface area contributed by atoms with E-state index in [2.05, 4.69) is 4.98 Å². The van der Waals surface area contributed by atoms with Gasteiger partial charge in [0, 0.05) is 18.6 Å². The lowest BCUT2D eigenvalue weighted by molar-refractivity contribution is 0.198. The molecule has 0 bridgehead atoms. The highest BCUT2D eigenvalue weighted by Crippen LogP contribution is 2.18. The zero-order valence-electron chi connectivity index (χ0n) is 8.18. The molecule has 1 atom stereocenters. The zero-order chi connectivity index (χ0) is 10.4. The van der Waals surface area contributed by atoms with Crippen molar-refractivity contribution < 1.29 is 10.2 Å². The second-order valence-corrected chi connectivity index (χ2v) is 4.15. The molecule has 1 aromatic heterocycles. The van der Waals surface area contributed by atoms with E-state index in [-0.39, 0.29) is 6.61 Å². The average molecular weight is 213 g/mol. The third-order valence-electron chi connectivity index (χ3n) is 1.79. The van der Waals surface area contributed by atoms with Crippen LogP contribution in [0.25, 0.3) is 0 Å². The van der Waals surface area contributed by atoms with Crippen molar-refractivity contribution in [3.05, 3.63) is 23.9 Å². The van der Waals surface area contributed by atoms with Crippen LogP contribution in [-0.4, -0.2) is 27.6 Å². The molecule has 14 heavy (non-hydrogen) atoms. The number of hydrogen-bond acceptors (Lipinski definition) is 4. The van der Waals surface area contributed by atoms with E-state index in [0.29, 0.717) is 0 Å². The molecule has 0 aliphatic heterocycles. The van der Waals surface area contributed by atoms with E-state index in [1.165, 1.54) is 0 Å². The lowest BCUT2D eigenvalue weighted by Crippen LogP contribution is -1.93. The molecule has 3 nitrogen and oxygen atoms in total. The highest BCUT2D eigenvalue weighted by molar-refractivity contribution is 7.99. The first-order chi connectivity index (χ1) is 6.74. The number of aliphatic hydroxyl groups is 2. The lowest BCUT2D eigenvalue weighted by Gasteiger charge is -2.04. The zero-order valence-corrected chi connectivity index (χ0v) is 9.00. The van der Waals surface area contributed by atoms with E-state index in [4.69, 9.17) is 5.11 Å². The molecule has 0 radical (unpaired) electrons. The van der Waals surface area contributed by atoms with Crippen molar-refractivity contribution in [3.63, 3.8) is 0 Å². The van der Waals surface area contributed by atoms with Gasteiger partial charge in [-0.3, -0.25) is 0 Å². The molecule has 0 aromatic carbocycles. The highest BCUT2D eigenvalue weighted by Gasteiger charge is 2.01. The number of hydrogen-bond donors (Lipinski definition) is 2. The Kier molecular flexibility index (Phi) is 4.93. The minimum Gasteiger partial charge on any atom is -0.396 e. The van der Waals surface area contributed by atoms with E-state index >= 15 is 0 Å². The van der Waals surface area contributed by atoms with Crippen molar-refractivity contribution in [2.75, 3.05) is 12.4 Å². The molecule has 0 saturated carbocycles. The summed E-state index contributed by atoms with van der Waals surface area (Å²) in [6.45, 7) is 1.94. The van der Waals surface area contributed by atoms with Crippen LogP contribution in [-0.2, 0) is 0 Å². The normalized spacial score (nSPS) is 12.8. The Balaban J connectivity index is 2.47. The maximum Gasteiger partial charge on any atom is 0.0960 e. The first kappa shape index (κ1) is 11.5. The van der Waals surface area contributed by atoms with Crippen LogP contribution in [0.2, 0.25) is 0 Å². The van der Waals surface area contributed by atoms with E-state index < -0.39 is 6.10 Å². The molecule has 1 aromatic rings. The summed E-state index contributed by atoms with van der Waals surface area (Å²) in [6.07, 6.45) is 2.01. The maximum absolute atomic E-state index is 9.25. The second kappa shape index (κ2) is 6.01. The van der Waals surface area contributed by atoms with Gasteiger partial charge in [0.1, 0.15) is 0 Å². The molecule has 0 aliphatic carbocycles. The largest absolute Gasteiger partial charge is 0.396 e. The minimum atomic E-state index is -0.459. The van der Waals surface area contributed by atoms with E-state index in [1.54, 1.807) is 24.9 Å². The third kappa shape index (κ3) is 3.65. The van der Waals surface area contributed by atoms with Gasteiger partial charge in [-0.1, -0.05) is 6.07 Å². The Hall–Kier alpha value is -0.580. The standard InChI is InChI=1S/C10H15NO2S/c1-8(13)9-3-4-10(11-7-9)14-6-2-5-12/h3-4,7-8,12-13H,2,5-6H2,1H3. The van der Waals surface area contributed by atoms with Gasteiger partial charge >= 0.3 is 0 Å². The van der Waals surface area contributed by atoms with Gasteiger partial charge in [-0.2, -0.15) is 0 Å². The molecule has 1 heterocycles. The topological polar surface area (TPSA) is 53.4 Å². The number of nitrogens with zero attached hydrogens (tertiary/aromatic N) is 1. The highest BCUT2D eigenvalue weighted by atomic mass is 32.2. The molecule has 0 amide bonds. The lowest BCUT2D eigenvalue weighted by atomic mass is 10.2. The molecule has 2 N–H and O–H groups in total. The summed E-state index contributed by atoms with van der Waals surface area (Å²) in [6, 6.07) is 3.77. The fourth-order valence-electron chi connectivity index (χ4n) is 0.966. The van der Waals surface area contributed by atoms with E-state index in [0.717, 1.165) is 22.8 Å². The van der Waals surface area contributed by atoms with Gasteiger partial charge in [0.15, 0.2) is 0 Å². The summed E-state index contributed by atoms with van der Waals surface area (Å²) in [4.78, 5) is 4.19. The summed E-state index contributed by atoms with van der Waals surface area (Å²) in [5.74, 6) is 0.873. The second-order valence-electron chi connectivity index (χ2n) is 3.03. The molecule has 0 saturated heterocycles. The molecule has 4 heteroatoms. The Bertz CT molecular complexity index is 261. The maximum atomic E-state index is 9.25. The van der Waals surface area contributed by atoms with Gasteiger partial charge in [0.05, 0.1) is 11.1 Å². The number of aromatic nitrogens is 1. The van der Waals surface area contributed by atoms with Crippen molar-refractivity contribution in [2.45, 2.75) is 24.5 Å². The van der Waals surface area contributed by atoms with Gasteiger partial charge in [0.2, 0.25) is 0 Å². The summed E-state index contributed by atoms with van der Waals surface area (Å²) < 4.78 is 0. The SMILES string of the molecule is CC(O)c1ccc(SCCCO)nc1. The fourth-order valence-corrected chi connectivity index (χ4v) is 1.74. The van der Waals surface area contributed by atoms with E-state index in [1.807, 2.05) is 12.1 Å². The molecule has 0 aliphatic rings. The molecule has 1 unspecified atom stereocenters. The Morgan fingerprint density at radius 2 is 2.29 bits per heavy atom. The molecule has 0 spiro atoms. The van der Waals surface area contributed by atoms with Gasteiger partial charge < -0.3 is 10.2 Å². The monoisotopic (exact) mass is 213 g/mol. The van der Waals surface area contributed by atoms with Crippen LogP contribution in [0, 0.1) is 0 Å². The minimum absolute atomic E-state index is 0.221. The first-order valence-electron chi connectivity index (χ1n) is 4.61. The van der Waals surface area contributed by atoms with Crippen molar-refractivity contribution in [2.24, 2.45) is 0 Å². The smallest absolute Gasteiger partial charge is 0.0960 e. The predicted octanol–water partition coefficient (Wildman–Crippen LogP) is 1.61. The Morgan fingerprint density at radius 3 is 2.79 bits per heavy atom. The molecular formula is C10H15NO2S. The van der Waals surface area contributed by atoms with Crippen LogP contribution >= 0.6 is 11.8 Å². The predicted molar refractivity (Wildman–Crippen MR) is 57.3 cm³/mol. The quantitative estimate of drug-likeness (QED) is 0.576. The van der Waals surface area contributed by atoms with Crippen molar-refractivity contribution in [3.8, 4) is 0 Å². The molecule has 78 valence electrons. The van der Waals surface area contributed by atoms with Crippen molar-refractivity contribution >= 4 is 11.8 Å². The third-order valence-corrected chi connectivity index (χ3v) is 2.82. The van der Waals surface area contributed by atoms with Crippen molar-refractivity contribution in [1.82, 2.24) is 4.98 Å². The number of rotatable bonds is 5. The summed E-state index contributed by atoms with van der Waals surface area (Å²) in [5.41, 5.74) is 0.830. The van der Waals surface area contributed by atoms with Crippen LogP contribution in [0.4, 0.5) is 0 Å². The van der Waals surface area contributed by atoms with Gasteiger partial charge in [-0.15, -0.1) is 11.8 Å². The summed E-state index contributed by atoms with van der Waals surface area (Å²) in [7, 11) is 0. The number of pyridine rings is 1. The van der Waals surface area contributed by atoms with Crippen LogP contribution in [0.1, 0.15) is 25.0 Å². The Morgan fingerprint density at radius 1 is 1.50 bits per heavy atom. The van der Waals surface area contributed by atoms with Gasteiger partial charge in [-0.25, -0.2) is 4.98 Å².